The Labute approximate surface area is 180 Å². The number of likely N-dealkylation sites (N-methyl/N-ethyl adjacent to an activating group) is 1. The number of fused-ring (bicyclic) bond motifs is 3. The number of hydrogen-bond donors (Lipinski definition) is 1. The number of halogens is 2. The zero-order chi connectivity index (χ0) is 20.0. The van der Waals surface area contributed by atoms with Gasteiger partial charge in [-0.05, 0) is 69.0 Å². The summed E-state index contributed by atoms with van der Waals surface area (Å²) in [5, 5.41) is 4.09. The second kappa shape index (κ2) is 7.64. The highest BCUT2D eigenvalue weighted by Crippen LogP contribution is 2.45. The molecule has 7 heteroatoms. The van der Waals surface area contributed by atoms with Gasteiger partial charge in [-0.25, -0.2) is 0 Å². The molecule has 1 amide bonds. The molecule has 2 atom stereocenters. The number of piperidine rings is 1. The lowest BCUT2D eigenvalue weighted by Gasteiger charge is -2.37. The summed E-state index contributed by atoms with van der Waals surface area (Å²) in [5.41, 5.74) is 3.98. The first-order chi connectivity index (χ1) is 13.3. The number of carbonyl (C=O) groups is 1. The van der Waals surface area contributed by atoms with Crippen molar-refractivity contribution in [1.29, 1.82) is 0 Å². The van der Waals surface area contributed by atoms with Gasteiger partial charge in [0.2, 0.25) is 0 Å². The topological polar surface area (TPSA) is 35.6 Å². The van der Waals surface area contributed by atoms with Crippen LogP contribution in [0.25, 0.3) is 0 Å². The Morgan fingerprint density at radius 3 is 2.75 bits per heavy atom. The highest BCUT2D eigenvalue weighted by Gasteiger charge is 2.43. The summed E-state index contributed by atoms with van der Waals surface area (Å²) in [6.07, 6.45) is 0.993. The number of anilines is 1. The lowest BCUT2D eigenvalue weighted by atomic mass is 9.89. The van der Waals surface area contributed by atoms with Crippen LogP contribution in [0.5, 0.6) is 0 Å². The van der Waals surface area contributed by atoms with E-state index in [1.165, 1.54) is 11.1 Å². The van der Waals surface area contributed by atoms with Gasteiger partial charge in [-0.3, -0.25) is 10.1 Å². The summed E-state index contributed by atoms with van der Waals surface area (Å²) in [6, 6.07) is 11.5. The molecule has 0 aromatic heterocycles. The predicted octanol–water partition coefficient (Wildman–Crippen LogP) is 4.62. The number of carbonyl (C=O) groups excluding carboxylic acids is 1. The van der Waals surface area contributed by atoms with Gasteiger partial charge >= 0.3 is 0 Å². The van der Waals surface area contributed by atoms with Crippen molar-refractivity contribution < 1.29 is 4.79 Å². The molecule has 4 nitrogen and oxygen atoms in total. The molecule has 1 saturated heterocycles. The van der Waals surface area contributed by atoms with Gasteiger partial charge in [0.05, 0.1) is 10.6 Å². The third-order valence-corrected chi connectivity index (χ3v) is 6.41. The third-order valence-electron chi connectivity index (χ3n) is 5.57. The smallest absolute Gasteiger partial charge is 0.258 e. The van der Waals surface area contributed by atoms with Crippen molar-refractivity contribution in [2.24, 2.45) is 0 Å². The zero-order valence-corrected chi connectivity index (χ0v) is 18.0. The number of benzene rings is 2. The highest BCUT2D eigenvalue weighted by atomic mass is 35.5. The fourth-order valence-electron chi connectivity index (χ4n) is 4.24. The molecule has 0 aliphatic carbocycles. The van der Waals surface area contributed by atoms with E-state index in [-0.39, 0.29) is 11.9 Å². The third kappa shape index (κ3) is 3.52. The lowest BCUT2D eigenvalue weighted by molar-refractivity contribution is 0.0977. The van der Waals surface area contributed by atoms with Crippen LogP contribution in [0.4, 0.5) is 5.69 Å². The molecule has 0 radical (unpaired) electrons. The molecular weight excluding hydrogens is 413 g/mol. The quantitative estimate of drug-likeness (QED) is 0.665. The number of aryl methyl sites for hydroxylation is 1. The molecule has 0 bridgehead atoms. The van der Waals surface area contributed by atoms with Crippen LogP contribution in [0.15, 0.2) is 36.4 Å². The van der Waals surface area contributed by atoms with Crippen LogP contribution in [-0.4, -0.2) is 42.1 Å². The molecule has 2 aromatic carbocycles. The van der Waals surface area contributed by atoms with Crippen molar-refractivity contribution in [2.45, 2.75) is 25.3 Å². The number of nitrogens with zero attached hydrogens (tertiary/aromatic N) is 2. The fraction of sp³-hybridized carbons (Fsp3) is 0.333. The van der Waals surface area contributed by atoms with E-state index < -0.39 is 0 Å². The van der Waals surface area contributed by atoms with E-state index in [1.54, 1.807) is 18.2 Å². The molecule has 2 aliphatic rings. The summed E-state index contributed by atoms with van der Waals surface area (Å²) in [7, 11) is 2.15. The maximum atomic E-state index is 12.8. The van der Waals surface area contributed by atoms with Gasteiger partial charge in [0, 0.05) is 29.2 Å². The number of rotatable bonds is 1. The Bertz CT molecular complexity index is 965. The second-order valence-electron chi connectivity index (χ2n) is 7.54. The number of likely N-dealkylation sites (tertiary alicyclic amines) is 1. The Morgan fingerprint density at radius 2 is 2.00 bits per heavy atom. The second-order valence-corrected chi connectivity index (χ2v) is 8.77. The summed E-state index contributed by atoms with van der Waals surface area (Å²) in [5.74, 6) is 0.0549. The van der Waals surface area contributed by atoms with Crippen LogP contribution in [0, 0.1) is 6.92 Å². The maximum Gasteiger partial charge on any atom is 0.258 e. The average molecular weight is 434 g/mol. The normalized spacial score (nSPS) is 21.2. The van der Waals surface area contributed by atoms with Gasteiger partial charge in [0.1, 0.15) is 0 Å². The Hall–Kier alpha value is -1.66. The molecule has 0 saturated carbocycles. The molecule has 0 unspecified atom stereocenters. The van der Waals surface area contributed by atoms with Gasteiger partial charge < -0.3 is 9.80 Å². The summed E-state index contributed by atoms with van der Waals surface area (Å²) < 4.78 is 0. The van der Waals surface area contributed by atoms with E-state index in [2.05, 4.69) is 47.3 Å². The van der Waals surface area contributed by atoms with Gasteiger partial charge in [-0.1, -0.05) is 40.9 Å². The average Bonchev–Trinajstić information content (AvgIpc) is 2.94. The number of hydrogen-bond acceptors (Lipinski definition) is 3. The zero-order valence-electron chi connectivity index (χ0n) is 15.7. The summed E-state index contributed by atoms with van der Waals surface area (Å²) >= 11 is 17.8. The molecule has 0 spiro atoms. The van der Waals surface area contributed by atoms with E-state index in [4.69, 9.17) is 35.4 Å². The first kappa shape index (κ1) is 19.6. The molecule has 28 heavy (non-hydrogen) atoms. The Balaban J connectivity index is 1.62. The van der Waals surface area contributed by atoms with Crippen molar-refractivity contribution in [3.05, 3.63) is 63.1 Å². The van der Waals surface area contributed by atoms with Crippen LogP contribution in [0.1, 0.15) is 33.8 Å². The molecular formula is C21H21Cl2N3OS. The first-order valence-corrected chi connectivity index (χ1v) is 10.4. The number of thiocarbonyl (C=S) groups is 1. The monoisotopic (exact) mass is 433 g/mol. The molecule has 2 aliphatic heterocycles. The molecule has 1 fully saturated rings. The summed E-state index contributed by atoms with van der Waals surface area (Å²) in [6.45, 7) is 4.09. The van der Waals surface area contributed by atoms with Crippen LogP contribution in [0.2, 0.25) is 10.0 Å². The van der Waals surface area contributed by atoms with Crippen LogP contribution in [-0.2, 0) is 0 Å². The molecule has 146 valence electrons. The summed E-state index contributed by atoms with van der Waals surface area (Å²) in [4.78, 5) is 17.2. The van der Waals surface area contributed by atoms with Crippen molar-refractivity contribution in [2.75, 3.05) is 25.0 Å². The van der Waals surface area contributed by atoms with E-state index >= 15 is 0 Å². The van der Waals surface area contributed by atoms with Crippen LogP contribution < -0.4 is 10.2 Å². The standard InChI is InChI=1S/C21H21Cl2N3OS/c1-12-3-6-18-15(9-12)16-11-25(2)8-7-19(16)26(18)21(28)24-20(27)14-5-4-13(22)10-17(14)23/h3-6,9-10,16,19H,7-8,11H2,1-2H3,(H,24,27,28)/t16-,19-/m0/s1. The fourth-order valence-corrected chi connectivity index (χ4v) is 5.07. The minimum Gasteiger partial charge on any atom is -0.315 e. The SMILES string of the molecule is Cc1ccc2c(c1)[C@@H]1CN(C)CC[C@@H]1N2C(=S)NC(=O)c1ccc(Cl)cc1Cl. The molecule has 4 rings (SSSR count). The van der Waals surface area contributed by atoms with Crippen molar-refractivity contribution >= 4 is 52.1 Å². The minimum atomic E-state index is -0.322. The predicted molar refractivity (Wildman–Crippen MR) is 119 cm³/mol. The van der Waals surface area contributed by atoms with E-state index in [0.29, 0.717) is 26.6 Å². The highest BCUT2D eigenvalue weighted by molar-refractivity contribution is 7.80. The largest absolute Gasteiger partial charge is 0.315 e. The number of amides is 1. The minimum absolute atomic E-state index is 0.251. The van der Waals surface area contributed by atoms with Gasteiger partial charge in [0.25, 0.3) is 5.91 Å². The molecule has 2 heterocycles. The lowest BCUT2D eigenvalue weighted by Crippen LogP contribution is -2.51. The van der Waals surface area contributed by atoms with Gasteiger partial charge in [-0.2, -0.15) is 0 Å². The van der Waals surface area contributed by atoms with Crippen molar-refractivity contribution in [3.8, 4) is 0 Å². The van der Waals surface area contributed by atoms with Gasteiger partial charge in [-0.15, -0.1) is 0 Å². The van der Waals surface area contributed by atoms with E-state index in [1.807, 2.05) is 0 Å². The van der Waals surface area contributed by atoms with Crippen LogP contribution >= 0.6 is 35.4 Å². The van der Waals surface area contributed by atoms with Crippen molar-refractivity contribution in [1.82, 2.24) is 10.2 Å². The maximum absolute atomic E-state index is 12.8. The molecule has 1 N–H and O–H groups in total. The van der Waals surface area contributed by atoms with Crippen LogP contribution in [0.3, 0.4) is 0 Å². The van der Waals surface area contributed by atoms with Crippen molar-refractivity contribution in [3.63, 3.8) is 0 Å². The van der Waals surface area contributed by atoms with E-state index in [9.17, 15) is 4.79 Å². The Morgan fingerprint density at radius 1 is 1.21 bits per heavy atom. The van der Waals surface area contributed by atoms with E-state index in [0.717, 1.165) is 25.2 Å². The first-order valence-electron chi connectivity index (χ1n) is 9.24. The number of nitrogens with one attached hydrogen (secondary N) is 1. The molecule has 2 aromatic rings. The van der Waals surface area contributed by atoms with Gasteiger partial charge in [0.15, 0.2) is 5.11 Å². The Kier molecular flexibility index (Phi) is 5.36.